The van der Waals surface area contributed by atoms with Gasteiger partial charge >= 0.3 is 0 Å². The zero-order chi connectivity index (χ0) is 13.4. The van der Waals surface area contributed by atoms with E-state index in [4.69, 9.17) is 23.8 Å². The Morgan fingerprint density at radius 1 is 1.32 bits per heavy atom. The molecule has 0 aliphatic carbocycles. The zero-order valence-corrected chi connectivity index (χ0v) is 12.8. The lowest BCUT2D eigenvalue weighted by Crippen LogP contribution is -2.00. The molecule has 0 fully saturated rings. The van der Waals surface area contributed by atoms with Gasteiger partial charge in [-0.25, -0.2) is 0 Å². The van der Waals surface area contributed by atoms with Crippen molar-refractivity contribution in [1.29, 1.82) is 0 Å². The molecular weight excluding hydrogens is 296 g/mol. The van der Waals surface area contributed by atoms with Crippen LogP contribution < -0.4 is 0 Å². The van der Waals surface area contributed by atoms with Crippen LogP contribution in [0.3, 0.4) is 0 Å². The Kier molecular flexibility index (Phi) is 3.48. The predicted octanol–water partition coefficient (Wildman–Crippen LogP) is 4.96. The van der Waals surface area contributed by atoms with E-state index in [1.54, 1.807) is 11.3 Å². The minimum Gasteiger partial charge on any atom is -0.331 e. The van der Waals surface area contributed by atoms with E-state index in [0.717, 1.165) is 27.6 Å². The van der Waals surface area contributed by atoms with Gasteiger partial charge in [0, 0.05) is 11.4 Å². The highest BCUT2D eigenvalue weighted by Crippen LogP contribution is 2.23. The fourth-order valence-electron chi connectivity index (χ4n) is 2.19. The second-order valence-corrected chi connectivity index (χ2v) is 6.74. The summed E-state index contributed by atoms with van der Waals surface area (Å²) in [7, 11) is 0. The number of rotatable bonds is 3. The van der Waals surface area contributed by atoms with Crippen LogP contribution >= 0.6 is 35.2 Å². The summed E-state index contributed by atoms with van der Waals surface area (Å²) in [5.41, 5.74) is 3.52. The number of fused-ring (bicyclic) bond motifs is 1. The molecule has 2 heterocycles. The molecule has 0 saturated carbocycles. The monoisotopic (exact) mass is 308 g/mol. The first-order valence-electron chi connectivity index (χ1n) is 6.07. The number of H-pyrrole nitrogens is 1. The molecule has 0 radical (unpaired) electrons. The third-order valence-corrected chi connectivity index (χ3v) is 4.75. The van der Waals surface area contributed by atoms with Crippen LogP contribution in [-0.4, -0.2) is 9.55 Å². The quantitative estimate of drug-likeness (QED) is 0.678. The molecule has 0 aliphatic heterocycles. The van der Waals surface area contributed by atoms with Crippen molar-refractivity contribution in [3.63, 3.8) is 0 Å². The zero-order valence-electron chi connectivity index (χ0n) is 10.4. The fraction of sp³-hybridized carbons (Fsp3) is 0.214. The molecule has 0 amide bonds. The van der Waals surface area contributed by atoms with E-state index in [1.165, 1.54) is 16.0 Å². The van der Waals surface area contributed by atoms with E-state index < -0.39 is 0 Å². The van der Waals surface area contributed by atoms with Crippen molar-refractivity contribution in [3.8, 4) is 0 Å². The summed E-state index contributed by atoms with van der Waals surface area (Å²) in [4.78, 5) is 4.54. The highest BCUT2D eigenvalue weighted by atomic mass is 35.5. The van der Waals surface area contributed by atoms with Crippen molar-refractivity contribution >= 4 is 46.2 Å². The molecule has 0 spiro atoms. The number of aryl methyl sites for hydroxylation is 3. The maximum absolute atomic E-state index is 5.95. The molecule has 1 N–H and O–H groups in total. The smallest absolute Gasteiger partial charge is 0.178 e. The summed E-state index contributed by atoms with van der Waals surface area (Å²) in [5, 5.41) is 0. The van der Waals surface area contributed by atoms with Gasteiger partial charge in [0.15, 0.2) is 4.77 Å². The molecule has 0 aliphatic rings. The first kappa shape index (κ1) is 12.9. The summed E-state index contributed by atoms with van der Waals surface area (Å²) in [6, 6.07) is 10.4. The highest BCUT2D eigenvalue weighted by Gasteiger charge is 2.05. The number of hydrogen-bond donors (Lipinski definition) is 1. The molecule has 5 heteroatoms. The van der Waals surface area contributed by atoms with E-state index in [0.29, 0.717) is 0 Å². The van der Waals surface area contributed by atoms with Crippen molar-refractivity contribution in [1.82, 2.24) is 9.55 Å². The van der Waals surface area contributed by atoms with E-state index in [-0.39, 0.29) is 0 Å². The normalized spacial score (nSPS) is 11.3. The molecule has 98 valence electrons. The van der Waals surface area contributed by atoms with Crippen LogP contribution in [0.5, 0.6) is 0 Å². The molecule has 0 saturated heterocycles. The molecule has 19 heavy (non-hydrogen) atoms. The van der Waals surface area contributed by atoms with Gasteiger partial charge in [-0.2, -0.15) is 0 Å². The molecule has 0 atom stereocenters. The van der Waals surface area contributed by atoms with Gasteiger partial charge < -0.3 is 9.55 Å². The Morgan fingerprint density at radius 3 is 2.89 bits per heavy atom. The lowest BCUT2D eigenvalue weighted by molar-refractivity contribution is 0.712. The lowest BCUT2D eigenvalue weighted by atomic mass is 10.2. The van der Waals surface area contributed by atoms with E-state index in [9.17, 15) is 0 Å². The van der Waals surface area contributed by atoms with Crippen LogP contribution in [-0.2, 0) is 13.0 Å². The molecule has 2 aromatic heterocycles. The van der Waals surface area contributed by atoms with Crippen LogP contribution in [0.1, 0.15) is 10.4 Å². The number of halogens is 1. The summed E-state index contributed by atoms with van der Waals surface area (Å²) in [6.45, 7) is 2.97. The van der Waals surface area contributed by atoms with Gasteiger partial charge in [-0.15, -0.1) is 11.3 Å². The standard InChI is InChI=1S/C14H13ClN2S2/c1-9-2-4-11-12(8-9)17(14(18)16-11)7-6-10-3-5-13(15)19-10/h2-5,8H,6-7H2,1H3,(H,16,18). The van der Waals surface area contributed by atoms with Crippen LogP contribution in [0.4, 0.5) is 0 Å². The molecular formula is C14H13ClN2S2. The first-order chi connectivity index (χ1) is 9.13. The lowest BCUT2D eigenvalue weighted by Gasteiger charge is -2.03. The number of imidazole rings is 1. The number of nitrogens with one attached hydrogen (secondary N) is 1. The Bertz CT molecular complexity index is 782. The Hall–Kier alpha value is -1.10. The fourth-order valence-corrected chi connectivity index (χ4v) is 3.57. The first-order valence-corrected chi connectivity index (χ1v) is 7.67. The van der Waals surface area contributed by atoms with Gasteiger partial charge in [-0.05, 0) is 55.4 Å². The van der Waals surface area contributed by atoms with Crippen LogP contribution in [0.25, 0.3) is 11.0 Å². The Balaban J connectivity index is 1.94. The number of benzene rings is 1. The van der Waals surface area contributed by atoms with Crippen LogP contribution in [0.2, 0.25) is 4.34 Å². The Labute approximate surface area is 125 Å². The molecule has 0 unspecified atom stereocenters. The number of aromatic amines is 1. The maximum atomic E-state index is 5.95. The maximum Gasteiger partial charge on any atom is 0.178 e. The summed E-state index contributed by atoms with van der Waals surface area (Å²) in [5.74, 6) is 0. The van der Waals surface area contributed by atoms with E-state index in [1.807, 2.05) is 6.07 Å². The average molecular weight is 309 g/mol. The molecule has 3 rings (SSSR count). The second kappa shape index (κ2) is 5.12. The molecule has 3 aromatic rings. The number of thiophene rings is 1. The van der Waals surface area contributed by atoms with Crippen molar-refractivity contribution in [2.24, 2.45) is 0 Å². The predicted molar refractivity (Wildman–Crippen MR) is 84.9 cm³/mol. The number of hydrogen-bond acceptors (Lipinski definition) is 2. The SMILES string of the molecule is Cc1ccc2[nH]c(=S)n(CCc3ccc(Cl)s3)c2c1. The minimum atomic E-state index is 0.781. The van der Waals surface area contributed by atoms with Gasteiger partial charge in [0.2, 0.25) is 0 Å². The third kappa shape index (κ3) is 2.61. The largest absolute Gasteiger partial charge is 0.331 e. The summed E-state index contributed by atoms with van der Waals surface area (Å²) < 4.78 is 3.78. The van der Waals surface area contributed by atoms with Crippen LogP contribution in [0, 0.1) is 11.7 Å². The van der Waals surface area contributed by atoms with Gasteiger partial charge in [-0.3, -0.25) is 0 Å². The van der Waals surface area contributed by atoms with E-state index in [2.05, 4.69) is 40.7 Å². The highest BCUT2D eigenvalue weighted by molar-refractivity contribution is 7.71. The topological polar surface area (TPSA) is 20.7 Å². The summed E-state index contributed by atoms with van der Waals surface area (Å²) >= 11 is 13.0. The third-order valence-electron chi connectivity index (χ3n) is 3.14. The minimum absolute atomic E-state index is 0.781. The Morgan fingerprint density at radius 2 is 2.16 bits per heavy atom. The van der Waals surface area contributed by atoms with E-state index >= 15 is 0 Å². The van der Waals surface area contributed by atoms with Gasteiger partial charge in [0.1, 0.15) is 0 Å². The number of nitrogens with zero attached hydrogens (tertiary/aromatic N) is 1. The molecule has 2 nitrogen and oxygen atoms in total. The van der Waals surface area contributed by atoms with Crippen molar-refractivity contribution in [2.75, 3.05) is 0 Å². The molecule has 1 aromatic carbocycles. The van der Waals surface area contributed by atoms with Gasteiger partial charge in [0.05, 0.1) is 15.4 Å². The summed E-state index contributed by atoms with van der Waals surface area (Å²) in [6.07, 6.45) is 0.951. The van der Waals surface area contributed by atoms with Gasteiger partial charge in [-0.1, -0.05) is 17.7 Å². The van der Waals surface area contributed by atoms with Crippen molar-refractivity contribution in [3.05, 3.63) is 49.9 Å². The van der Waals surface area contributed by atoms with Crippen molar-refractivity contribution in [2.45, 2.75) is 19.9 Å². The van der Waals surface area contributed by atoms with Crippen molar-refractivity contribution < 1.29 is 0 Å². The average Bonchev–Trinajstić information content (AvgIpc) is 2.90. The van der Waals surface area contributed by atoms with Crippen LogP contribution in [0.15, 0.2) is 30.3 Å². The van der Waals surface area contributed by atoms with Gasteiger partial charge in [0.25, 0.3) is 0 Å². The molecule has 0 bridgehead atoms. The number of aromatic nitrogens is 2. The second-order valence-electron chi connectivity index (χ2n) is 4.56.